The van der Waals surface area contributed by atoms with Crippen molar-refractivity contribution in [1.82, 2.24) is 0 Å². The molecule has 24 heavy (non-hydrogen) atoms. The Morgan fingerprint density at radius 2 is 2.17 bits per heavy atom. The number of ether oxygens (including phenoxy) is 1. The zero-order valence-corrected chi connectivity index (χ0v) is 13.7. The lowest BCUT2D eigenvalue weighted by atomic mass is 9.61. The second-order valence-corrected chi connectivity index (χ2v) is 8.72. The molecule has 1 aliphatic heterocycles. The highest BCUT2D eigenvalue weighted by Crippen LogP contribution is 2.76. The van der Waals surface area contributed by atoms with E-state index in [-0.39, 0.29) is 5.92 Å². The van der Waals surface area contributed by atoms with Crippen LogP contribution in [0.4, 0.5) is 0 Å². The number of hydrogen-bond donors (Lipinski definition) is 2. The molecule has 0 aromatic heterocycles. The summed E-state index contributed by atoms with van der Waals surface area (Å²) in [5.41, 5.74) is -1.30. The smallest absolute Gasteiger partial charge is 0.316 e. The Kier molecular flexibility index (Phi) is 2.42. The van der Waals surface area contributed by atoms with Crippen molar-refractivity contribution in [2.24, 2.45) is 34.5 Å². The number of aliphatic carboxylic acids is 1. The largest absolute Gasteiger partial charge is 0.481 e. The Bertz CT molecular complexity index is 725. The fraction of sp³-hybridized carbons (Fsp3) is 0.684. The van der Waals surface area contributed by atoms with Crippen LogP contribution in [0.5, 0.6) is 0 Å². The Hall–Kier alpha value is -1.62. The Morgan fingerprint density at radius 3 is 2.88 bits per heavy atom. The lowest BCUT2D eigenvalue weighted by Crippen LogP contribution is -2.50. The van der Waals surface area contributed by atoms with Crippen LogP contribution in [0.1, 0.15) is 32.6 Å². The van der Waals surface area contributed by atoms with Crippen LogP contribution >= 0.6 is 0 Å². The van der Waals surface area contributed by atoms with Crippen molar-refractivity contribution >= 4 is 11.9 Å². The molecule has 1 heterocycles. The maximum atomic E-state index is 12.7. The molecule has 4 bridgehead atoms. The molecule has 1 unspecified atom stereocenters. The van der Waals surface area contributed by atoms with Crippen LogP contribution in [0.15, 0.2) is 24.3 Å². The van der Waals surface area contributed by atoms with Crippen molar-refractivity contribution < 1.29 is 24.5 Å². The molecule has 0 radical (unpaired) electrons. The predicted octanol–water partition coefficient (Wildman–Crippen LogP) is 1.91. The molecule has 4 fully saturated rings. The number of rotatable bonds is 1. The van der Waals surface area contributed by atoms with E-state index < -0.39 is 46.3 Å². The summed E-state index contributed by atoms with van der Waals surface area (Å²) in [6.45, 7) is 5.88. The van der Waals surface area contributed by atoms with Gasteiger partial charge in [-0.05, 0) is 50.0 Å². The van der Waals surface area contributed by atoms with E-state index in [1.165, 1.54) is 0 Å². The molecule has 5 heteroatoms. The van der Waals surface area contributed by atoms with Gasteiger partial charge in [-0.15, -0.1) is 0 Å². The molecule has 0 aromatic rings. The van der Waals surface area contributed by atoms with E-state index in [1.54, 1.807) is 13.0 Å². The first-order chi connectivity index (χ1) is 11.3. The van der Waals surface area contributed by atoms with Gasteiger partial charge in [0.25, 0.3) is 0 Å². The van der Waals surface area contributed by atoms with Crippen LogP contribution in [0.3, 0.4) is 0 Å². The first-order valence-electron chi connectivity index (χ1n) is 8.79. The number of aliphatic hydroxyl groups excluding tert-OH is 1. The number of aliphatic hydroxyl groups is 1. The normalized spacial score (nSPS) is 56.8. The molecule has 1 spiro atoms. The van der Waals surface area contributed by atoms with E-state index >= 15 is 0 Å². The van der Waals surface area contributed by atoms with Gasteiger partial charge in [0.05, 0.1) is 12.0 Å². The highest BCUT2D eigenvalue weighted by molar-refractivity contribution is 5.86. The number of esters is 1. The Morgan fingerprint density at radius 1 is 1.42 bits per heavy atom. The minimum atomic E-state index is -1.18. The number of carboxylic acids is 1. The zero-order chi connectivity index (χ0) is 17.1. The van der Waals surface area contributed by atoms with Crippen LogP contribution in [0.2, 0.25) is 0 Å². The molecular formula is C19H22O5. The van der Waals surface area contributed by atoms with Gasteiger partial charge in [-0.1, -0.05) is 18.2 Å². The van der Waals surface area contributed by atoms with Crippen molar-refractivity contribution in [1.29, 1.82) is 0 Å². The number of carbonyl (C=O) groups is 2. The van der Waals surface area contributed by atoms with E-state index in [9.17, 15) is 19.8 Å². The van der Waals surface area contributed by atoms with Crippen molar-refractivity contribution in [3.05, 3.63) is 24.3 Å². The fourth-order valence-corrected chi connectivity index (χ4v) is 7.14. The van der Waals surface area contributed by atoms with Crippen LogP contribution in [0, 0.1) is 34.5 Å². The average molecular weight is 330 g/mol. The van der Waals surface area contributed by atoms with Gasteiger partial charge in [0.15, 0.2) is 0 Å². The summed E-state index contributed by atoms with van der Waals surface area (Å²) in [5, 5.41) is 20.7. The lowest BCUT2D eigenvalue weighted by molar-refractivity contribution is -0.161. The molecule has 1 saturated heterocycles. The Balaban J connectivity index is 1.78. The summed E-state index contributed by atoms with van der Waals surface area (Å²) in [6, 6.07) is 0. The van der Waals surface area contributed by atoms with Gasteiger partial charge in [-0.3, -0.25) is 9.59 Å². The van der Waals surface area contributed by atoms with Crippen LogP contribution < -0.4 is 0 Å². The van der Waals surface area contributed by atoms with E-state index in [4.69, 9.17) is 4.74 Å². The number of fused-ring (bicyclic) bond motifs is 1. The molecule has 0 amide bonds. The molecule has 128 valence electrons. The minimum Gasteiger partial charge on any atom is -0.481 e. The lowest BCUT2D eigenvalue weighted by Gasteiger charge is -2.42. The summed E-state index contributed by atoms with van der Waals surface area (Å²) in [6.07, 6.45) is 5.83. The first-order valence-corrected chi connectivity index (χ1v) is 8.79. The summed E-state index contributed by atoms with van der Waals surface area (Å²) in [7, 11) is 0. The third-order valence-electron chi connectivity index (χ3n) is 8.02. The van der Waals surface area contributed by atoms with Crippen molar-refractivity contribution in [3.63, 3.8) is 0 Å². The van der Waals surface area contributed by atoms with E-state index in [0.29, 0.717) is 12.3 Å². The van der Waals surface area contributed by atoms with Gasteiger partial charge in [0, 0.05) is 11.8 Å². The second kappa shape index (κ2) is 3.96. The average Bonchev–Trinajstić information content (AvgIpc) is 2.98. The monoisotopic (exact) mass is 330 g/mol. The van der Waals surface area contributed by atoms with Crippen LogP contribution in [0.25, 0.3) is 0 Å². The third-order valence-corrected chi connectivity index (χ3v) is 8.02. The standard InChI is InChI=1S/C19H22O5/c1-9-7-18-8-10(9)3-4-11(18)19-6-5-12(20)17(2,16(23)24-19)14(19)13(18)15(21)22/h5-6,10-14,20H,1,3-4,7-8H2,2H3,(H,21,22)/t10-,11-,12+,13-,14?,17-,18+,19-/m1/s1. The predicted molar refractivity (Wildman–Crippen MR) is 83.7 cm³/mol. The first kappa shape index (κ1) is 14.7. The van der Waals surface area contributed by atoms with E-state index in [1.807, 2.05) is 6.08 Å². The fourth-order valence-electron chi connectivity index (χ4n) is 7.14. The van der Waals surface area contributed by atoms with E-state index in [2.05, 4.69) is 6.58 Å². The number of carbonyl (C=O) groups excluding carboxylic acids is 1. The minimum absolute atomic E-state index is 0.00104. The molecule has 0 aromatic carbocycles. The highest BCUT2D eigenvalue weighted by Gasteiger charge is 2.82. The molecule has 5 aliphatic rings. The quantitative estimate of drug-likeness (QED) is 0.567. The van der Waals surface area contributed by atoms with Gasteiger partial charge in [0.1, 0.15) is 11.0 Å². The van der Waals surface area contributed by atoms with Crippen molar-refractivity contribution in [2.75, 3.05) is 0 Å². The van der Waals surface area contributed by atoms with E-state index in [0.717, 1.165) is 24.8 Å². The molecule has 3 saturated carbocycles. The summed E-state index contributed by atoms with van der Waals surface area (Å²) < 4.78 is 5.92. The number of carboxylic acid groups (broad SMARTS) is 1. The number of hydrogen-bond acceptors (Lipinski definition) is 4. The van der Waals surface area contributed by atoms with Gasteiger partial charge in [-0.2, -0.15) is 0 Å². The Labute approximate surface area is 140 Å². The van der Waals surface area contributed by atoms with Gasteiger partial charge >= 0.3 is 11.9 Å². The highest BCUT2D eigenvalue weighted by atomic mass is 16.6. The molecule has 4 aliphatic carbocycles. The topological polar surface area (TPSA) is 83.8 Å². The van der Waals surface area contributed by atoms with Gasteiger partial charge in [-0.25, -0.2) is 0 Å². The SMILES string of the molecule is C=C1C[C@]23C[C@H]1CC[C@H]2[C@@]12C=C[C@H](O)[C@@](C)(C(=O)O1)C2[C@@H]3C(=O)O. The van der Waals surface area contributed by atoms with Crippen molar-refractivity contribution in [3.8, 4) is 0 Å². The summed E-state index contributed by atoms with van der Waals surface area (Å²) >= 11 is 0. The van der Waals surface area contributed by atoms with Gasteiger partial charge in [0.2, 0.25) is 0 Å². The van der Waals surface area contributed by atoms with Crippen molar-refractivity contribution in [2.45, 2.75) is 44.3 Å². The molecule has 5 nitrogen and oxygen atoms in total. The molecule has 2 N–H and O–H groups in total. The molecule has 8 atom stereocenters. The van der Waals surface area contributed by atoms with Crippen LogP contribution in [-0.2, 0) is 14.3 Å². The maximum Gasteiger partial charge on any atom is 0.316 e. The molecule has 5 rings (SSSR count). The van der Waals surface area contributed by atoms with Crippen LogP contribution in [-0.4, -0.2) is 33.9 Å². The number of allylic oxidation sites excluding steroid dienone is 1. The summed E-state index contributed by atoms with van der Waals surface area (Å²) in [5.74, 6) is -2.12. The zero-order valence-electron chi connectivity index (χ0n) is 13.7. The molecular weight excluding hydrogens is 308 g/mol. The second-order valence-electron chi connectivity index (χ2n) is 8.72. The maximum absolute atomic E-state index is 12.7. The van der Waals surface area contributed by atoms with Gasteiger partial charge < -0.3 is 14.9 Å². The third kappa shape index (κ3) is 1.25. The summed E-state index contributed by atoms with van der Waals surface area (Å²) in [4.78, 5) is 25.0.